The molecule has 34 heavy (non-hydrogen) atoms. The van der Waals surface area contributed by atoms with Gasteiger partial charge in [-0.05, 0) is 49.2 Å². The molecule has 1 atom stereocenters. The summed E-state index contributed by atoms with van der Waals surface area (Å²) in [6.07, 6.45) is 1.72. The summed E-state index contributed by atoms with van der Waals surface area (Å²) in [5.41, 5.74) is 1.81. The number of benzene rings is 2. The van der Waals surface area contributed by atoms with Crippen LogP contribution in [-0.4, -0.2) is 23.1 Å². The summed E-state index contributed by atoms with van der Waals surface area (Å²) in [5.74, 6) is -0.623. The van der Waals surface area contributed by atoms with Gasteiger partial charge in [-0.25, -0.2) is 9.79 Å². The number of halogens is 1. The quantitative estimate of drug-likeness (QED) is 0.399. The lowest BCUT2D eigenvalue weighted by Gasteiger charge is -2.24. The van der Waals surface area contributed by atoms with Crippen LogP contribution in [0.5, 0.6) is 5.75 Å². The Bertz CT molecular complexity index is 1480. The van der Waals surface area contributed by atoms with E-state index >= 15 is 0 Å². The van der Waals surface area contributed by atoms with E-state index in [0.29, 0.717) is 36.9 Å². The van der Waals surface area contributed by atoms with E-state index in [0.717, 1.165) is 0 Å². The number of carbonyl (C=O) groups excluding carboxylic acids is 2. The predicted molar refractivity (Wildman–Crippen MR) is 130 cm³/mol. The third kappa shape index (κ3) is 4.60. The maximum Gasteiger partial charge on any atom is 0.338 e. The number of fused-ring (bicyclic) bond motifs is 1. The zero-order valence-electron chi connectivity index (χ0n) is 18.7. The Balaban J connectivity index is 1.92. The van der Waals surface area contributed by atoms with Gasteiger partial charge in [0.1, 0.15) is 5.75 Å². The van der Waals surface area contributed by atoms with Crippen LogP contribution in [0.25, 0.3) is 6.08 Å². The van der Waals surface area contributed by atoms with Gasteiger partial charge in [-0.2, -0.15) is 0 Å². The zero-order chi connectivity index (χ0) is 24.4. The second-order valence-corrected chi connectivity index (χ2v) is 8.90. The second kappa shape index (κ2) is 9.79. The molecule has 0 radical (unpaired) electrons. The number of carbonyl (C=O) groups is 2. The minimum Gasteiger partial charge on any atom is -0.463 e. The Morgan fingerprint density at radius 3 is 2.53 bits per heavy atom. The average molecular weight is 497 g/mol. The van der Waals surface area contributed by atoms with E-state index in [9.17, 15) is 14.4 Å². The molecule has 3 aromatic rings. The van der Waals surface area contributed by atoms with Crippen LogP contribution in [0.1, 0.15) is 37.9 Å². The van der Waals surface area contributed by atoms with E-state index < -0.39 is 18.0 Å². The van der Waals surface area contributed by atoms with E-state index in [2.05, 4.69) is 4.99 Å². The molecule has 1 aliphatic heterocycles. The molecule has 0 fully saturated rings. The van der Waals surface area contributed by atoms with Gasteiger partial charge in [0.25, 0.3) is 5.56 Å². The Hall–Kier alpha value is -3.49. The average Bonchev–Trinajstić information content (AvgIpc) is 3.09. The van der Waals surface area contributed by atoms with Crippen LogP contribution < -0.4 is 19.6 Å². The number of esters is 2. The first kappa shape index (κ1) is 23.7. The second-order valence-electron chi connectivity index (χ2n) is 7.49. The Morgan fingerprint density at radius 2 is 1.88 bits per heavy atom. The summed E-state index contributed by atoms with van der Waals surface area (Å²) < 4.78 is 12.3. The minimum atomic E-state index is -0.755. The van der Waals surface area contributed by atoms with Gasteiger partial charge in [-0.1, -0.05) is 53.3 Å². The third-order valence-electron chi connectivity index (χ3n) is 5.17. The van der Waals surface area contributed by atoms with Crippen LogP contribution in [0.15, 0.2) is 69.6 Å². The molecule has 2 aromatic carbocycles. The van der Waals surface area contributed by atoms with Crippen LogP contribution in [-0.2, 0) is 14.3 Å². The molecule has 1 unspecified atom stereocenters. The van der Waals surface area contributed by atoms with Crippen molar-refractivity contribution in [2.24, 2.45) is 4.99 Å². The Morgan fingerprint density at radius 1 is 1.18 bits per heavy atom. The van der Waals surface area contributed by atoms with Crippen LogP contribution in [0, 0.1) is 0 Å². The highest BCUT2D eigenvalue weighted by Crippen LogP contribution is 2.31. The third-order valence-corrected chi connectivity index (χ3v) is 6.49. The molecular formula is C25H21ClN2O5S. The molecule has 0 saturated carbocycles. The van der Waals surface area contributed by atoms with Crippen molar-refractivity contribution in [3.05, 3.63) is 95.6 Å². The molecule has 174 valence electrons. The molecule has 0 amide bonds. The number of nitrogens with zero attached hydrogens (tertiary/aromatic N) is 2. The topological polar surface area (TPSA) is 87.0 Å². The van der Waals surface area contributed by atoms with Crippen LogP contribution in [0.4, 0.5) is 0 Å². The zero-order valence-corrected chi connectivity index (χ0v) is 20.3. The number of thiazole rings is 1. The molecule has 0 spiro atoms. The van der Waals surface area contributed by atoms with E-state index in [4.69, 9.17) is 21.1 Å². The minimum absolute atomic E-state index is 0.185. The monoisotopic (exact) mass is 496 g/mol. The molecule has 2 heterocycles. The maximum atomic E-state index is 13.6. The van der Waals surface area contributed by atoms with Crippen molar-refractivity contribution < 1.29 is 19.1 Å². The van der Waals surface area contributed by atoms with Crippen molar-refractivity contribution in [1.29, 1.82) is 0 Å². The van der Waals surface area contributed by atoms with E-state index in [1.807, 2.05) is 18.2 Å². The van der Waals surface area contributed by atoms with Crippen molar-refractivity contribution in [2.75, 3.05) is 6.61 Å². The predicted octanol–water partition coefficient (Wildman–Crippen LogP) is 3.38. The summed E-state index contributed by atoms with van der Waals surface area (Å²) >= 11 is 7.51. The molecule has 0 saturated heterocycles. The number of hydrogen-bond donors (Lipinski definition) is 0. The van der Waals surface area contributed by atoms with Crippen molar-refractivity contribution >= 4 is 41.0 Å². The molecule has 9 heteroatoms. The lowest BCUT2D eigenvalue weighted by Crippen LogP contribution is -2.39. The van der Waals surface area contributed by atoms with Gasteiger partial charge >= 0.3 is 11.9 Å². The van der Waals surface area contributed by atoms with Crippen LogP contribution in [0.3, 0.4) is 0 Å². The summed E-state index contributed by atoms with van der Waals surface area (Å²) in [6.45, 7) is 4.94. The largest absolute Gasteiger partial charge is 0.463 e. The molecule has 4 rings (SSSR count). The number of rotatable bonds is 5. The van der Waals surface area contributed by atoms with Crippen molar-refractivity contribution in [3.8, 4) is 5.75 Å². The lowest BCUT2D eigenvalue weighted by atomic mass is 9.96. The summed E-state index contributed by atoms with van der Waals surface area (Å²) in [7, 11) is 0. The van der Waals surface area contributed by atoms with Gasteiger partial charge in [-0.15, -0.1) is 0 Å². The van der Waals surface area contributed by atoms with E-state index in [1.165, 1.54) is 22.8 Å². The van der Waals surface area contributed by atoms with Crippen molar-refractivity contribution in [1.82, 2.24) is 4.57 Å². The number of ether oxygens (including phenoxy) is 2. The first-order valence-corrected chi connectivity index (χ1v) is 11.7. The standard InChI is InChI=1S/C25H21ClN2O5S/c1-4-32-24(31)21-14(2)27-25-28(22(21)16-9-11-18(12-10-16)33-15(3)29)23(30)20(34-25)13-17-7-5-6-8-19(17)26/h5-13,22H,4H2,1-3H3. The molecule has 1 aromatic heterocycles. The molecule has 0 N–H and O–H groups in total. The smallest absolute Gasteiger partial charge is 0.338 e. The fourth-order valence-corrected chi connectivity index (χ4v) is 4.95. The van der Waals surface area contributed by atoms with Gasteiger partial charge in [-0.3, -0.25) is 14.2 Å². The van der Waals surface area contributed by atoms with Gasteiger partial charge in [0.15, 0.2) is 4.80 Å². The molecular weight excluding hydrogens is 476 g/mol. The van der Waals surface area contributed by atoms with E-state index in [1.54, 1.807) is 50.3 Å². The summed E-state index contributed by atoms with van der Waals surface area (Å²) in [4.78, 5) is 42.8. The summed E-state index contributed by atoms with van der Waals surface area (Å²) in [5, 5.41) is 0.523. The fourth-order valence-electron chi connectivity index (χ4n) is 3.72. The number of aromatic nitrogens is 1. The van der Waals surface area contributed by atoms with Gasteiger partial charge in [0.2, 0.25) is 0 Å². The fraction of sp³-hybridized carbons (Fsp3) is 0.200. The highest BCUT2D eigenvalue weighted by atomic mass is 35.5. The summed E-state index contributed by atoms with van der Waals surface area (Å²) in [6, 6.07) is 13.1. The maximum absolute atomic E-state index is 13.6. The Kier molecular flexibility index (Phi) is 6.81. The Labute approximate surface area is 204 Å². The van der Waals surface area contributed by atoms with Crippen LogP contribution in [0.2, 0.25) is 5.02 Å². The molecule has 1 aliphatic rings. The van der Waals surface area contributed by atoms with Crippen LogP contribution >= 0.6 is 22.9 Å². The highest BCUT2D eigenvalue weighted by Gasteiger charge is 2.33. The first-order chi connectivity index (χ1) is 16.3. The van der Waals surface area contributed by atoms with E-state index in [-0.39, 0.29) is 17.7 Å². The molecule has 7 nitrogen and oxygen atoms in total. The lowest BCUT2D eigenvalue weighted by molar-refractivity contribution is -0.139. The normalized spacial score (nSPS) is 15.5. The molecule has 0 bridgehead atoms. The molecule has 0 aliphatic carbocycles. The van der Waals surface area contributed by atoms with Crippen molar-refractivity contribution in [2.45, 2.75) is 26.8 Å². The first-order valence-electron chi connectivity index (χ1n) is 10.5. The highest BCUT2D eigenvalue weighted by molar-refractivity contribution is 7.07. The van der Waals surface area contributed by atoms with Crippen molar-refractivity contribution in [3.63, 3.8) is 0 Å². The number of allylic oxidation sites excluding steroid dienone is 1. The van der Waals surface area contributed by atoms with Gasteiger partial charge in [0.05, 0.1) is 28.5 Å². The number of hydrogen-bond acceptors (Lipinski definition) is 7. The van der Waals surface area contributed by atoms with Gasteiger partial charge in [0, 0.05) is 11.9 Å². The SMILES string of the molecule is CCOC(=O)C1=C(C)N=c2sc(=Cc3ccccc3Cl)c(=O)n2C1c1ccc(OC(C)=O)cc1. The van der Waals surface area contributed by atoms with Gasteiger partial charge < -0.3 is 9.47 Å².